The average Bonchev–Trinajstić information content (AvgIpc) is 3.06. The number of hydrogen-bond donors (Lipinski definition) is 2. The molecule has 1 heterocycles. The zero-order valence-corrected chi connectivity index (χ0v) is 16.8. The summed E-state index contributed by atoms with van der Waals surface area (Å²) in [6.45, 7) is 2.24. The number of rotatable bonds is 7. The molecule has 0 unspecified atom stereocenters. The molecule has 0 spiro atoms. The van der Waals surface area contributed by atoms with E-state index in [1.165, 1.54) is 11.8 Å². The van der Waals surface area contributed by atoms with Crippen LogP contribution in [0.3, 0.4) is 0 Å². The summed E-state index contributed by atoms with van der Waals surface area (Å²) >= 11 is 7.35. The summed E-state index contributed by atoms with van der Waals surface area (Å²) in [6, 6.07) is 11.0. The number of hydrogen-bond acceptors (Lipinski definition) is 5. The van der Waals surface area contributed by atoms with Crippen LogP contribution in [0.25, 0.3) is 11.0 Å². The molecule has 1 amide bonds. The van der Waals surface area contributed by atoms with Crippen molar-refractivity contribution in [1.82, 2.24) is 15.3 Å². The van der Waals surface area contributed by atoms with Crippen LogP contribution >= 0.6 is 23.4 Å². The van der Waals surface area contributed by atoms with Crippen molar-refractivity contribution < 1.29 is 14.3 Å². The third-order valence-corrected chi connectivity index (χ3v) is 5.21. The molecule has 0 aliphatic carbocycles. The lowest BCUT2D eigenvalue weighted by molar-refractivity contribution is -0.120. The lowest BCUT2D eigenvalue weighted by Gasteiger charge is -2.12. The van der Waals surface area contributed by atoms with Gasteiger partial charge in [0, 0.05) is 11.6 Å². The molecule has 0 saturated heterocycles. The number of nitrogens with one attached hydrogen (secondary N) is 2. The smallest absolute Gasteiger partial charge is 0.233 e. The summed E-state index contributed by atoms with van der Waals surface area (Å²) in [5.74, 6) is 1.21. The number of thioether (sulfide) groups is 1. The fourth-order valence-electron chi connectivity index (χ4n) is 2.56. The Morgan fingerprint density at radius 1 is 1.22 bits per heavy atom. The first-order valence-corrected chi connectivity index (χ1v) is 9.56. The van der Waals surface area contributed by atoms with Crippen LogP contribution in [0.15, 0.2) is 41.6 Å². The fourth-order valence-corrected chi connectivity index (χ4v) is 3.58. The molecule has 27 heavy (non-hydrogen) atoms. The Morgan fingerprint density at radius 2 is 2.00 bits per heavy atom. The Morgan fingerprint density at radius 3 is 2.74 bits per heavy atom. The minimum atomic E-state index is -0.304. The molecular weight excluding hydrogens is 386 g/mol. The molecule has 0 saturated carbocycles. The van der Waals surface area contributed by atoms with E-state index in [9.17, 15) is 4.79 Å². The maximum absolute atomic E-state index is 12.4. The molecule has 0 bridgehead atoms. The molecule has 1 aromatic heterocycles. The van der Waals surface area contributed by atoms with Crippen LogP contribution in [0.1, 0.15) is 12.5 Å². The lowest BCUT2D eigenvalue weighted by Crippen LogP contribution is -2.30. The molecule has 3 aromatic rings. The van der Waals surface area contributed by atoms with Crippen LogP contribution in [0, 0.1) is 0 Å². The SMILES string of the molecule is COc1ccc(CNC(=O)[C@@H](C)Sc2nc3ccc(Cl)cc3[nH]2)cc1OC. The number of nitrogens with zero attached hydrogens (tertiary/aromatic N) is 1. The molecule has 0 aliphatic rings. The van der Waals surface area contributed by atoms with E-state index in [1.54, 1.807) is 20.3 Å². The van der Waals surface area contributed by atoms with E-state index in [2.05, 4.69) is 15.3 Å². The van der Waals surface area contributed by atoms with Crippen LogP contribution in [0.5, 0.6) is 11.5 Å². The zero-order chi connectivity index (χ0) is 19.4. The number of aromatic nitrogens is 2. The van der Waals surface area contributed by atoms with Gasteiger partial charge in [-0.1, -0.05) is 29.4 Å². The van der Waals surface area contributed by atoms with Crippen LogP contribution in [0.4, 0.5) is 0 Å². The first-order chi connectivity index (χ1) is 13.0. The molecule has 2 aromatic carbocycles. The minimum Gasteiger partial charge on any atom is -0.493 e. The summed E-state index contributed by atoms with van der Waals surface area (Å²) in [5.41, 5.74) is 2.60. The molecule has 6 nitrogen and oxygen atoms in total. The quantitative estimate of drug-likeness (QED) is 0.580. The molecule has 142 valence electrons. The molecule has 0 fully saturated rings. The lowest BCUT2D eigenvalue weighted by atomic mass is 10.2. The van der Waals surface area contributed by atoms with Gasteiger partial charge in [-0.25, -0.2) is 4.98 Å². The fraction of sp³-hybridized carbons (Fsp3) is 0.263. The number of ether oxygens (including phenoxy) is 2. The number of aromatic amines is 1. The summed E-state index contributed by atoms with van der Waals surface area (Å²) < 4.78 is 10.5. The van der Waals surface area contributed by atoms with Crippen molar-refractivity contribution in [3.8, 4) is 11.5 Å². The summed E-state index contributed by atoms with van der Waals surface area (Å²) in [7, 11) is 3.17. The number of H-pyrrole nitrogens is 1. The second kappa shape index (κ2) is 8.54. The minimum absolute atomic E-state index is 0.0757. The van der Waals surface area contributed by atoms with Crippen molar-refractivity contribution >= 4 is 40.3 Å². The van der Waals surface area contributed by atoms with Gasteiger partial charge < -0.3 is 19.8 Å². The predicted octanol–water partition coefficient (Wildman–Crippen LogP) is 4.03. The van der Waals surface area contributed by atoms with Crippen molar-refractivity contribution in [3.63, 3.8) is 0 Å². The van der Waals surface area contributed by atoms with Gasteiger partial charge in [-0.2, -0.15) is 0 Å². The molecule has 0 aliphatic heterocycles. The number of carbonyl (C=O) groups is 1. The second-order valence-electron chi connectivity index (χ2n) is 5.87. The summed E-state index contributed by atoms with van der Waals surface area (Å²) in [5, 5.41) is 3.95. The van der Waals surface area contributed by atoms with E-state index in [0.717, 1.165) is 16.6 Å². The van der Waals surface area contributed by atoms with Crippen molar-refractivity contribution in [2.45, 2.75) is 23.9 Å². The van der Waals surface area contributed by atoms with Gasteiger partial charge in [0.1, 0.15) is 0 Å². The number of imidazole rings is 1. The van der Waals surface area contributed by atoms with Gasteiger partial charge in [0.05, 0.1) is 30.5 Å². The summed E-state index contributed by atoms with van der Waals surface area (Å²) in [6.07, 6.45) is 0. The van der Waals surface area contributed by atoms with Crippen molar-refractivity contribution in [2.24, 2.45) is 0 Å². The topological polar surface area (TPSA) is 76.2 Å². The summed E-state index contributed by atoms with van der Waals surface area (Å²) in [4.78, 5) is 20.1. The maximum atomic E-state index is 12.4. The van der Waals surface area contributed by atoms with Crippen molar-refractivity contribution in [1.29, 1.82) is 0 Å². The van der Waals surface area contributed by atoms with E-state index in [1.807, 2.05) is 37.3 Å². The Balaban J connectivity index is 1.60. The van der Waals surface area contributed by atoms with Gasteiger partial charge >= 0.3 is 0 Å². The third-order valence-electron chi connectivity index (χ3n) is 3.99. The van der Waals surface area contributed by atoms with Gasteiger partial charge in [-0.15, -0.1) is 0 Å². The first kappa shape index (κ1) is 19.4. The maximum Gasteiger partial charge on any atom is 0.233 e. The van der Waals surface area contributed by atoms with Crippen molar-refractivity contribution in [2.75, 3.05) is 14.2 Å². The van der Waals surface area contributed by atoms with Gasteiger partial charge in [0.15, 0.2) is 16.7 Å². The molecular formula is C19H20ClN3O3S. The van der Waals surface area contributed by atoms with Gasteiger partial charge in [0.25, 0.3) is 0 Å². The van der Waals surface area contributed by atoms with E-state index < -0.39 is 0 Å². The molecule has 0 radical (unpaired) electrons. The van der Waals surface area contributed by atoms with E-state index in [-0.39, 0.29) is 11.2 Å². The second-order valence-corrected chi connectivity index (χ2v) is 7.64. The Labute approximate surface area is 166 Å². The van der Waals surface area contributed by atoms with Crippen LogP contribution < -0.4 is 14.8 Å². The first-order valence-electron chi connectivity index (χ1n) is 8.30. The van der Waals surface area contributed by atoms with E-state index in [0.29, 0.717) is 28.2 Å². The van der Waals surface area contributed by atoms with Crippen LogP contribution in [-0.2, 0) is 11.3 Å². The number of amides is 1. The largest absolute Gasteiger partial charge is 0.493 e. The number of fused-ring (bicyclic) bond motifs is 1. The normalized spacial score (nSPS) is 12.0. The zero-order valence-electron chi connectivity index (χ0n) is 15.2. The third kappa shape index (κ3) is 4.67. The average molecular weight is 406 g/mol. The highest BCUT2D eigenvalue weighted by atomic mass is 35.5. The number of benzene rings is 2. The monoisotopic (exact) mass is 405 g/mol. The molecule has 3 rings (SSSR count). The number of halogens is 1. The number of methoxy groups -OCH3 is 2. The molecule has 2 N–H and O–H groups in total. The predicted molar refractivity (Wildman–Crippen MR) is 108 cm³/mol. The number of carbonyl (C=O) groups excluding carboxylic acids is 1. The highest BCUT2D eigenvalue weighted by molar-refractivity contribution is 8.00. The highest BCUT2D eigenvalue weighted by Gasteiger charge is 2.17. The molecule has 1 atom stereocenters. The van der Waals surface area contributed by atoms with Crippen LogP contribution in [-0.4, -0.2) is 35.3 Å². The highest BCUT2D eigenvalue weighted by Crippen LogP contribution is 2.28. The van der Waals surface area contributed by atoms with Gasteiger partial charge in [-0.3, -0.25) is 4.79 Å². The van der Waals surface area contributed by atoms with Gasteiger partial charge in [-0.05, 0) is 42.8 Å². The Bertz CT molecular complexity index is 961. The Kier molecular flexibility index (Phi) is 6.13. The van der Waals surface area contributed by atoms with E-state index in [4.69, 9.17) is 21.1 Å². The standard InChI is InChI=1S/C19H20ClN3O3S/c1-11(27-19-22-14-6-5-13(20)9-15(14)23-19)18(24)21-10-12-4-7-16(25-2)17(8-12)26-3/h4-9,11H,10H2,1-3H3,(H,21,24)(H,22,23)/t11-/m1/s1. The van der Waals surface area contributed by atoms with E-state index >= 15 is 0 Å². The van der Waals surface area contributed by atoms with Crippen LogP contribution in [0.2, 0.25) is 5.02 Å². The van der Waals surface area contributed by atoms with Gasteiger partial charge in [0.2, 0.25) is 5.91 Å². The van der Waals surface area contributed by atoms with Crippen molar-refractivity contribution in [3.05, 3.63) is 47.0 Å². The molecule has 8 heteroatoms. The Hall–Kier alpha value is -2.38.